The number of aliphatic hydroxyl groups is 1. The smallest absolute Gasteiger partial charge is 0.404 e. The predicted molar refractivity (Wildman–Crippen MR) is 95.3 cm³/mol. The van der Waals surface area contributed by atoms with Crippen molar-refractivity contribution in [3.05, 3.63) is 54.3 Å². The number of nitrogens with zero attached hydrogens (tertiary/aromatic N) is 1. The summed E-state index contributed by atoms with van der Waals surface area (Å²) in [6.07, 6.45) is -0.481. The van der Waals surface area contributed by atoms with Crippen LogP contribution in [0.1, 0.15) is 12.8 Å². The fourth-order valence-electron chi connectivity index (χ4n) is 3.02. The Bertz CT molecular complexity index is 761. The highest BCUT2D eigenvalue weighted by Gasteiger charge is 2.33. The van der Waals surface area contributed by atoms with Crippen LogP contribution >= 0.6 is 0 Å². The summed E-state index contributed by atoms with van der Waals surface area (Å²) < 4.78 is 20.5. The Morgan fingerprint density at radius 1 is 1.15 bits per heavy atom. The first kappa shape index (κ1) is 18.0. The van der Waals surface area contributed by atoms with E-state index >= 15 is 0 Å². The maximum absolute atomic E-state index is 14.9. The van der Waals surface area contributed by atoms with Crippen molar-refractivity contribution in [3.8, 4) is 11.5 Å². The maximum atomic E-state index is 14.9. The van der Waals surface area contributed by atoms with E-state index < -0.39 is 17.5 Å². The van der Waals surface area contributed by atoms with Crippen LogP contribution in [0.4, 0.5) is 14.9 Å². The first-order valence-electron chi connectivity index (χ1n) is 8.42. The number of rotatable bonds is 5. The lowest BCUT2D eigenvalue weighted by molar-refractivity contribution is 0.0172. The number of hydrogen-bond donors (Lipinski definition) is 3. The molecular formula is C19H21FN2O4. The van der Waals surface area contributed by atoms with Gasteiger partial charge in [0.2, 0.25) is 0 Å². The van der Waals surface area contributed by atoms with E-state index in [0.29, 0.717) is 37.4 Å². The van der Waals surface area contributed by atoms with Crippen molar-refractivity contribution in [1.29, 1.82) is 0 Å². The molecule has 138 valence electrons. The minimum absolute atomic E-state index is 0.0319. The zero-order valence-electron chi connectivity index (χ0n) is 14.2. The highest BCUT2D eigenvalue weighted by molar-refractivity contribution is 5.64. The first-order valence-corrected chi connectivity index (χ1v) is 8.42. The zero-order valence-corrected chi connectivity index (χ0v) is 14.2. The quantitative estimate of drug-likeness (QED) is 0.763. The predicted octanol–water partition coefficient (Wildman–Crippen LogP) is 3.22. The van der Waals surface area contributed by atoms with E-state index in [9.17, 15) is 14.3 Å². The summed E-state index contributed by atoms with van der Waals surface area (Å²) in [6.45, 7) is 0.808. The molecule has 2 aromatic carbocycles. The number of nitrogens with one attached hydrogen (secondary N) is 1. The first-order chi connectivity index (χ1) is 12.5. The molecule has 26 heavy (non-hydrogen) atoms. The van der Waals surface area contributed by atoms with E-state index in [0.717, 1.165) is 0 Å². The largest absolute Gasteiger partial charge is 0.465 e. The summed E-state index contributed by atoms with van der Waals surface area (Å²) in [7, 11) is 0. The van der Waals surface area contributed by atoms with Crippen molar-refractivity contribution in [3.63, 3.8) is 0 Å². The Balaban J connectivity index is 1.69. The average molecular weight is 360 g/mol. The van der Waals surface area contributed by atoms with Crippen LogP contribution < -0.4 is 15.0 Å². The average Bonchev–Trinajstić information content (AvgIpc) is 2.64. The van der Waals surface area contributed by atoms with Crippen LogP contribution in [0.15, 0.2) is 48.5 Å². The van der Waals surface area contributed by atoms with Crippen LogP contribution in [0.2, 0.25) is 0 Å². The van der Waals surface area contributed by atoms with Gasteiger partial charge in [0.15, 0.2) is 11.6 Å². The van der Waals surface area contributed by atoms with Gasteiger partial charge in [-0.1, -0.05) is 24.3 Å². The summed E-state index contributed by atoms with van der Waals surface area (Å²) >= 11 is 0. The Labute approximate surface area is 150 Å². The number of anilines is 1. The van der Waals surface area contributed by atoms with Gasteiger partial charge in [-0.25, -0.2) is 9.18 Å². The van der Waals surface area contributed by atoms with Gasteiger partial charge in [0, 0.05) is 19.6 Å². The van der Waals surface area contributed by atoms with Crippen LogP contribution in [0.5, 0.6) is 11.5 Å². The van der Waals surface area contributed by atoms with Gasteiger partial charge in [0.05, 0.1) is 11.3 Å². The summed E-state index contributed by atoms with van der Waals surface area (Å²) in [5.74, 6) is 0.240. The Morgan fingerprint density at radius 3 is 2.50 bits per heavy atom. The summed E-state index contributed by atoms with van der Waals surface area (Å²) in [6, 6.07) is 14.0. The molecule has 0 bridgehead atoms. The maximum Gasteiger partial charge on any atom is 0.404 e. The van der Waals surface area contributed by atoms with Crippen LogP contribution in [-0.2, 0) is 0 Å². The molecule has 3 rings (SSSR count). The van der Waals surface area contributed by atoms with Gasteiger partial charge in [-0.3, -0.25) is 0 Å². The van der Waals surface area contributed by atoms with Gasteiger partial charge in [0.1, 0.15) is 5.75 Å². The molecule has 3 N–H and O–H groups in total. The van der Waals surface area contributed by atoms with Crippen molar-refractivity contribution < 1.29 is 24.1 Å². The van der Waals surface area contributed by atoms with Gasteiger partial charge in [-0.15, -0.1) is 0 Å². The van der Waals surface area contributed by atoms with Gasteiger partial charge >= 0.3 is 6.09 Å². The Morgan fingerprint density at radius 2 is 1.85 bits per heavy atom. The molecule has 0 unspecified atom stereocenters. The van der Waals surface area contributed by atoms with Crippen LogP contribution in [0.3, 0.4) is 0 Å². The molecule has 1 aliphatic heterocycles. The van der Waals surface area contributed by atoms with Crippen molar-refractivity contribution in [2.75, 3.05) is 24.5 Å². The number of benzene rings is 2. The van der Waals surface area contributed by atoms with Crippen LogP contribution in [-0.4, -0.2) is 41.5 Å². The van der Waals surface area contributed by atoms with E-state index in [-0.39, 0.29) is 12.3 Å². The molecule has 1 aliphatic rings. The molecule has 7 heteroatoms. The van der Waals surface area contributed by atoms with Crippen LogP contribution in [0, 0.1) is 5.82 Å². The minimum atomic E-state index is -1.17. The van der Waals surface area contributed by atoms with Crippen molar-refractivity contribution >= 4 is 11.8 Å². The SMILES string of the molecule is O=C(O)NCC1(O)CCN(c2cccc(Oc3ccccc3)c2F)CC1. The number of ether oxygens (including phenoxy) is 1. The fourth-order valence-corrected chi connectivity index (χ4v) is 3.02. The molecule has 2 aromatic rings. The third-order valence-corrected chi connectivity index (χ3v) is 4.52. The van der Waals surface area contributed by atoms with Gasteiger partial charge < -0.3 is 25.2 Å². The number of amides is 1. The van der Waals surface area contributed by atoms with Gasteiger partial charge in [-0.2, -0.15) is 0 Å². The standard InChI is InChI=1S/C19H21FN2O4/c20-17-15(7-4-8-16(17)26-14-5-2-1-3-6-14)22-11-9-19(25,10-12-22)13-21-18(23)24/h1-8,21,25H,9-13H2,(H,23,24). The van der Waals surface area contributed by atoms with E-state index in [1.807, 2.05) is 23.1 Å². The molecule has 0 aliphatic carbocycles. The van der Waals surface area contributed by atoms with Gasteiger partial charge in [-0.05, 0) is 37.1 Å². The van der Waals surface area contributed by atoms with Gasteiger partial charge in [0.25, 0.3) is 0 Å². The van der Waals surface area contributed by atoms with E-state index in [2.05, 4.69) is 5.32 Å². The molecule has 1 saturated heterocycles. The molecule has 0 spiro atoms. The number of carboxylic acid groups (broad SMARTS) is 1. The molecular weight excluding hydrogens is 339 g/mol. The van der Waals surface area contributed by atoms with Crippen LogP contribution in [0.25, 0.3) is 0 Å². The highest BCUT2D eigenvalue weighted by Crippen LogP contribution is 2.33. The third-order valence-electron chi connectivity index (χ3n) is 4.52. The van der Waals surface area contributed by atoms with Crippen molar-refractivity contribution in [1.82, 2.24) is 5.32 Å². The second-order valence-electron chi connectivity index (χ2n) is 6.37. The molecule has 0 atom stereocenters. The summed E-state index contributed by atoms with van der Waals surface area (Å²) in [5, 5.41) is 21.3. The number of carbonyl (C=O) groups is 1. The Kier molecular flexibility index (Phi) is 5.27. The number of piperidine rings is 1. The molecule has 1 amide bonds. The molecule has 1 fully saturated rings. The van der Waals surface area contributed by atoms with Crippen molar-refractivity contribution in [2.45, 2.75) is 18.4 Å². The number of hydrogen-bond acceptors (Lipinski definition) is 4. The summed E-state index contributed by atoms with van der Waals surface area (Å²) in [5.41, 5.74) is -0.699. The second-order valence-corrected chi connectivity index (χ2v) is 6.37. The van der Waals surface area contributed by atoms with E-state index in [4.69, 9.17) is 9.84 Å². The fraction of sp³-hybridized carbons (Fsp3) is 0.316. The van der Waals surface area contributed by atoms with E-state index in [1.165, 1.54) is 0 Å². The lowest BCUT2D eigenvalue weighted by atomic mass is 9.91. The molecule has 0 aromatic heterocycles. The lowest BCUT2D eigenvalue weighted by Gasteiger charge is -2.39. The molecule has 1 heterocycles. The molecule has 0 saturated carbocycles. The highest BCUT2D eigenvalue weighted by atomic mass is 19.1. The van der Waals surface area contributed by atoms with Crippen molar-refractivity contribution in [2.24, 2.45) is 0 Å². The number of para-hydroxylation sites is 1. The second kappa shape index (κ2) is 7.61. The molecule has 6 nitrogen and oxygen atoms in total. The lowest BCUT2D eigenvalue weighted by Crippen LogP contribution is -2.51. The van der Waals surface area contributed by atoms with E-state index in [1.54, 1.807) is 30.3 Å². The minimum Gasteiger partial charge on any atom is -0.465 e. The monoisotopic (exact) mass is 360 g/mol. The third kappa shape index (κ3) is 4.23. The number of halogens is 1. The molecule has 0 radical (unpaired) electrons. The zero-order chi connectivity index (χ0) is 18.6. The summed E-state index contributed by atoms with van der Waals surface area (Å²) in [4.78, 5) is 12.4. The Hall–Kier alpha value is -2.80. The topological polar surface area (TPSA) is 82.0 Å². The normalized spacial score (nSPS) is 16.2.